The molecule has 1 unspecified atom stereocenters. The Morgan fingerprint density at radius 2 is 2.00 bits per heavy atom. The molecule has 0 fully saturated rings. The maximum absolute atomic E-state index is 12.6. The molecule has 1 atom stereocenters. The van der Waals surface area contributed by atoms with Gasteiger partial charge < -0.3 is 9.52 Å². The van der Waals surface area contributed by atoms with Gasteiger partial charge in [0.25, 0.3) is 5.69 Å². The summed E-state index contributed by atoms with van der Waals surface area (Å²) in [6.07, 6.45) is -0.0974. The van der Waals surface area contributed by atoms with Gasteiger partial charge in [-0.05, 0) is 24.6 Å². The first-order chi connectivity index (χ1) is 11.0. The first-order valence-corrected chi connectivity index (χ1v) is 6.92. The summed E-state index contributed by atoms with van der Waals surface area (Å²) in [5, 5.41) is 21.6. The third-order valence-corrected chi connectivity index (χ3v) is 3.65. The highest BCUT2D eigenvalue weighted by Crippen LogP contribution is 2.25. The average Bonchev–Trinajstić information content (AvgIpc) is 2.55. The molecule has 0 aliphatic carbocycles. The Bertz CT molecular complexity index is 961. The number of nitro benzene ring substituents is 1. The van der Waals surface area contributed by atoms with Gasteiger partial charge in [-0.15, -0.1) is 0 Å². The van der Waals surface area contributed by atoms with Gasteiger partial charge in [0.15, 0.2) is 5.43 Å². The first-order valence-electron chi connectivity index (χ1n) is 6.92. The van der Waals surface area contributed by atoms with Gasteiger partial charge >= 0.3 is 0 Å². The largest absolute Gasteiger partial charge is 0.464 e. The third kappa shape index (κ3) is 2.72. The SMILES string of the molecule is Cc1ccc2occ(C(O)c3cccc([N+](=O)[O-])c3)c(=O)c2c1. The fraction of sp³-hybridized carbons (Fsp3) is 0.118. The van der Waals surface area contributed by atoms with Crippen LogP contribution in [0.4, 0.5) is 5.69 Å². The standard InChI is InChI=1S/C17H13NO5/c1-10-5-6-15-13(7-10)17(20)14(9-23-15)16(19)11-3-2-4-12(8-11)18(21)22/h2-9,16,19H,1H3. The molecule has 1 heterocycles. The summed E-state index contributed by atoms with van der Waals surface area (Å²) in [6.45, 7) is 1.85. The Morgan fingerprint density at radius 3 is 2.74 bits per heavy atom. The van der Waals surface area contributed by atoms with Crippen LogP contribution in [-0.4, -0.2) is 10.0 Å². The molecule has 0 saturated carbocycles. The molecule has 0 bridgehead atoms. The van der Waals surface area contributed by atoms with E-state index in [9.17, 15) is 20.0 Å². The average molecular weight is 311 g/mol. The lowest BCUT2D eigenvalue weighted by molar-refractivity contribution is -0.385. The molecule has 6 heteroatoms. The molecule has 6 nitrogen and oxygen atoms in total. The molecule has 2 aromatic carbocycles. The van der Waals surface area contributed by atoms with Crippen molar-refractivity contribution < 1.29 is 14.4 Å². The Balaban J connectivity index is 2.13. The zero-order valence-corrected chi connectivity index (χ0v) is 12.2. The van der Waals surface area contributed by atoms with E-state index >= 15 is 0 Å². The van der Waals surface area contributed by atoms with Crippen molar-refractivity contribution in [3.05, 3.63) is 85.8 Å². The van der Waals surface area contributed by atoms with Gasteiger partial charge in [-0.25, -0.2) is 0 Å². The van der Waals surface area contributed by atoms with Crippen LogP contribution in [0, 0.1) is 17.0 Å². The highest BCUT2D eigenvalue weighted by molar-refractivity contribution is 5.77. The Kier molecular flexibility index (Phi) is 3.67. The number of non-ortho nitro benzene ring substituents is 1. The summed E-state index contributed by atoms with van der Waals surface area (Å²) in [6, 6.07) is 10.7. The summed E-state index contributed by atoms with van der Waals surface area (Å²) >= 11 is 0. The Morgan fingerprint density at radius 1 is 1.22 bits per heavy atom. The topological polar surface area (TPSA) is 93.6 Å². The van der Waals surface area contributed by atoms with E-state index in [1.165, 1.54) is 30.5 Å². The molecule has 116 valence electrons. The number of hydrogen-bond acceptors (Lipinski definition) is 5. The van der Waals surface area contributed by atoms with Crippen LogP contribution in [0.25, 0.3) is 11.0 Å². The van der Waals surface area contributed by atoms with E-state index in [2.05, 4.69) is 0 Å². The zero-order valence-electron chi connectivity index (χ0n) is 12.2. The molecule has 3 aromatic rings. The van der Waals surface area contributed by atoms with Crippen molar-refractivity contribution >= 4 is 16.7 Å². The molecule has 1 aromatic heterocycles. The van der Waals surface area contributed by atoms with Crippen molar-refractivity contribution in [1.29, 1.82) is 0 Å². The molecule has 0 radical (unpaired) electrons. The molecule has 0 spiro atoms. The normalized spacial score (nSPS) is 12.3. The highest BCUT2D eigenvalue weighted by atomic mass is 16.6. The Labute approximate surface area is 130 Å². The van der Waals surface area contributed by atoms with E-state index in [0.29, 0.717) is 11.0 Å². The summed E-state index contributed by atoms with van der Waals surface area (Å²) in [5.41, 5.74) is 1.13. The summed E-state index contributed by atoms with van der Waals surface area (Å²) in [4.78, 5) is 22.8. The number of nitro groups is 1. The number of nitrogens with zero attached hydrogens (tertiary/aromatic N) is 1. The van der Waals surface area contributed by atoms with Gasteiger partial charge in [-0.3, -0.25) is 14.9 Å². The van der Waals surface area contributed by atoms with Gasteiger partial charge in [-0.2, -0.15) is 0 Å². The van der Waals surface area contributed by atoms with Crippen molar-refractivity contribution in [2.24, 2.45) is 0 Å². The summed E-state index contributed by atoms with van der Waals surface area (Å²) in [5.74, 6) is 0. The molecular weight excluding hydrogens is 298 g/mol. The lowest BCUT2D eigenvalue weighted by Gasteiger charge is -2.11. The van der Waals surface area contributed by atoms with Gasteiger partial charge in [0.05, 0.1) is 15.9 Å². The maximum atomic E-state index is 12.6. The van der Waals surface area contributed by atoms with Crippen LogP contribution in [0.2, 0.25) is 0 Å². The van der Waals surface area contributed by atoms with E-state index in [4.69, 9.17) is 4.42 Å². The van der Waals surface area contributed by atoms with Crippen LogP contribution in [-0.2, 0) is 0 Å². The second kappa shape index (κ2) is 5.66. The van der Waals surface area contributed by atoms with E-state index in [1.54, 1.807) is 12.1 Å². The molecule has 0 aliphatic rings. The second-order valence-electron chi connectivity index (χ2n) is 5.27. The number of fused-ring (bicyclic) bond motifs is 1. The number of rotatable bonds is 3. The van der Waals surface area contributed by atoms with Gasteiger partial charge in [-0.1, -0.05) is 23.8 Å². The minimum atomic E-state index is -1.30. The molecule has 0 amide bonds. The van der Waals surface area contributed by atoms with E-state index in [-0.39, 0.29) is 22.2 Å². The number of benzene rings is 2. The van der Waals surface area contributed by atoms with Crippen molar-refractivity contribution in [1.82, 2.24) is 0 Å². The number of aliphatic hydroxyl groups is 1. The van der Waals surface area contributed by atoms with Crippen LogP contribution < -0.4 is 5.43 Å². The van der Waals surface area contributed by atoms with Crippen LogP contribution in [0.5, 0.6) is 0 Å². The van der Waals surface area contributed by atoms with Gasteiger partial charge in [0.2, 0.25) is 0 Å². The predicted molar refractivity (Wildman–Crippen MR) is 84.4 cm³/mol. The predicted octanol–water partition coefficient (Wildman–Crippen LogP) is 3.09. The molecule has 23 heavy (non-hydrogen) atoms. The minimum Gasteiger partial charge on any atom is -0.464 e. The molecule has 0 saturated heterocycles. The smallest absolute Gasteiger partial charge is 0.269 e. The van der Waals surface area contributed by atoms with Crippen LogP contribution in [0.15, 0.2) is 57.9 Å². The summed E-state index contributed by atoms with van der Waals surface area (Å²) in [7, 11) is 0. The number of aryl methyl sites for hydroxylation is 1. The fourth-order valence-corrected chi connectivity index (χ4v) is 2.44. The monoisotopic (exact) mass is 311 g/mol. The minimum absolute atomic E-state index is 0.0450. The first kappa shape index (κ1) is 14.9. The van der Waals surface area contributed by atoms with Crippen molar-refractivity contribution in [2.45, 2.75) is 13.0 Å². The molecule has 0 aliphatic heterocycles. The fourth-order valence-electron chi connectivity index (χ4n) is 2.44. The van der Waals surface area contributed by atoms with Crippen molar-refractivity contribution in [3.63, 3.8) is 0 Å². The zero-order chi connectivity index (χ0) is 16.6. The van der Waals surface area contributed by atoms with Crippen molar-refractivity contribution in [3.8, 4) is 0 Å². The highest BCUT2D eigenvalue weighted by Gasteiger charge is 2.19. The molecular formula is C17H13NO5. The number of aliphatic hydroxyl groups excluding tert-OH is 1. The quantitative estimate of drug-likeness (QED) is 0.592. The van der Waals surface area contributed by atoms with Crippen molar-refractivity contribution in [2.75, 3.05) is 0 Å². The lowest BCUT2D eigenvalue weighted by atomic mass is 10.0. The van der Waals surface area contributed by atoms with Crippen LogP contribution >= 0.6 is 0 Å². The van der Waals surface area contributed by atoms with Gasteiger partial charge in [0, 0.05) is 12.1 Å². The summed E-state index contributed by atoms with van der Waals surface area (Å²) < 4.78 is 5.41. The second-order valence-corrected chi connectivity index (χ2v) is 5.27. The van der Waals surface area contributed by atoms with Gasteiger partial charge in [0.1, 0.15) is 18.0 Å². The lowest BCUT2D eigenvalue weighted by Crippen LogP contribution is -2.14. The van der Waals surface area contributed by atoms with Crippen LogP contribution in [0.1, 0.15) is 22.8 Å². The number of hydrogen-bond donors (Lipinski definition) is 1. The van der Waals surface area contributed by atoms with E-state index in [1.807, 2.05) is 13.0 Å². The maximum Gasteiger partial charge on any atom is 0.269 e. The van der Waals surface area contributed by atoms with Crippen LogP contribution in [0.3, 0.4) is 0 Å². The van der Waals surface area contributed by atoms with E-state index in [0.717, 1.165) is 5.56 Å². The van der Waals surface area contributed by atoms with E-state index < -0.39 is 11.0 Å². The molecule has 3 rings (SSSR count). The Hall–Kier alpha value is -2.99. The third-order valence-electron chi connectivity index (χ3n) is 3.65. The molecule has 1 N–H and O–H groups in total.